The van der Waals surface area contributed by atoms with E-state index in [2.05, 4.69) is 22.5 Å². The third kappa shape index (κ3) is 9.23. The van der Waals surface area contributed by atoms with Crippen molar-refractivity contribution in [1.29, 1.82) is 5.26 Å². The van der Waals surface area contributed by atoms with Crippen molar-refractivity contribution >= 4 is 38.2 Å². The molecule has 0 spiro atoms. The van der Waals surface area contributed by atoms with E-state index in [0.29, 0.717) is 48.2 Å². The number of fused-ring (bicyclic) bond motifs is 1. The van der Waals surface area contributed by atoms with Crippen molar-refractivity contribution in [3.05, 3.63) is 48.2 Å². The van der Waals surface area contributed by atoms with Gasteiger partial charge >= 0.3 is 12.3 Å². The second-order valence-electron chi connectivity index (χ2n) is 11.9. The summed E-state index contributed by atoms with van der Waals surface area (Å²) in [4.78, 5) is 14.1. The van der Waals surface area contributed by atoms with Gasteiger partial charge in [0.25, 0.3) is 0 Å². The number of sulfone groups is 1. The third-order valence-corrected chi connectivity index (χ3v) is 8.16. The van der Waals surface area contributed by atoms with Crippen molar-refractivity contribution < 1.29 is 35.9 Å². The number of hydrogen-bond acceptors (Lipinski definition) is 8. The molecule has 46 heavy (non-hydrogen) atoms. The number of rotatable bonds is 8. The maximum absolute atomic E-state index is 13.7. The van der Waals surface area contributed by atoms with Crippen LogP contribution in [0.15, 0.2) is 47.4 Å². The number of alkyl halides is 3. The standard InChI is InChI=1S/C32H36F3N5O5S/c1-31(2,3)45-30(41)39-16-12-22(13-17-39)38-26-8-5-9-28-25(26)19-23(40(28)21-32(33,34)35)7-6-15-37-27-11-10-24(46(4,42)43)20-29(27)44-18-14-36/h5,8-11,19-20,22,37-38H,12-13,15-18,21H2,1-4H3. The molecule has 1 fully saturated rings. The Bertz CT molecular complexity index is 1790. The number of carbonyl (C=O) groups is 1. The molecule has 2 heterocycles. The summed E-state index contributed by atoms with van der Waals surface area (Å²) < 4.78 is 76.8. The van der Waals surface area contributed by atoms with Crippen LogP contribution >= 0.6 is 0 Å². The van der Waals surface area contributed by atoms with Crippen LogP contribution in [0.3, 0.4) is 0 Å². The highest BCUT2D eigenvalue weighted by atomic mass is 32.2. The van der Waals surface area contributed by atoms with E-state index in [1.165, 1.54) is 18.2 Å². The van der Waals surface area contributed by atoms with E-state index in [0.717, 1.165) is 10.8 Å². The second-order valence-corrected chi connectivity index (χ2v) is 13.9. The van der Waals surface area contributed by atoms with Gasteiger partial charge < -0.3 is 29.6 Å². The fourth-order valence-electron chi connectivity index (χ4n) is 5.00. The van der Waals surface area contributed by atoms with Gasteiger partial charge in [-0.05, 0) is 69.9 Å². The van der Waals surface area contributed by atoms with E-state index >= 15 is 0 Å². The Morgan fingerprint density at radius 1 is 1.09 bits per heavy atom. The number of aromatic nitrogens is 1. The minimum atomic E-state index is -4.49. The van der Waals surface area contributed by atoms with Crippen molar-refractivity contribution in [3.63, 3.8) is 0 Å². The molecule has 14 heteroatoms. The van der Waals surface area contributed by atoms with Gasteiger partial charge in [-0.15, -0.1) is 0 Å². The number of halogens is 3. The first-order valence-electron chi connectivity index (χ1n) is 14.5. The quantitative estimate of drug-likeness (QED) is 0.292. The van der Waals surface area contributed by atoms with Gasteiger partial charge in [0.15, 0.2) is 16.4 Å². The molecule has 1 amide bonds. The number of nitrogens with one attached hydrogen (secondary N) is 2. The van der Waals surface area contributed by atoms with E-state index < -0.39 is 28.2 Å². The average Bonchev–Trinajstić information content (AvgIpc) is 3.30. The van der Waals surface area contributed by atoms with Crippen LogP contribution in [-0.4, -0.2) is 74.3 Å². The summed E-state index contributed by atoms with van der Waals surface area (Å²) in [6, 6.07) is 12.7. The molecule has 1 saturated heterocycles. The number of ether oxygens (including phenoxy) is 2. The lowest BCUT2D eigenvalue weighted by Gasteiger charge is -2.34. The fourth-order valence-corrected chi connectivity index (χ4v) is 5.64. The van der Waals surface area contributed by atoms with Crippen LogP contribution in [0.2, 0.25) is 0 Å². The molecule has 0 radical (unpaired) electrons. The largest absolute Gasteiger partial charge is 0.477 e. The normalized spacial score (nSPS) is 14.3. The molecular formula is C32H36F3N5O5S. The molecule has 0 aliphatic carbocycles. The molecule has 0 unspecified atom stereocenters. The zero-order valence-electron chi connectivity index (χ0n) is 26.0. The molecule has 1 aliphatic heterocycles. The highest BCUT2D eigenvalue weighted by Gasteiger charge is 2.31. The summed E-state index contributed by atoms with van der Waals surface area (Å²) in [7, 11) is -3.53. The molecule has 0 bridgehead atoms. The number of nitrogens with zero attached hydrogens (tertiary/aromatic N) is 3. The Labute approximate surface area is 266 Å². The molecule has 2 aromatic carbocycles. The van der Waals surface area contributed by atoms with Gasteiger partial charge in [0, 0.05) is 42.5 Å². The SMILES string of the molecule is CC(C)(C)OC(=O)N1CCC(Nc2cccc3c2cc(C#CCNc2ccc(S(C)(=O)=O)cc2OCC#N)n3CC(F)(F)F)CC1. The Hall–Kier alpha value is -4.56. The summed E-state index contributed by atoms with van der Waals surface area (Å²) in [6.07, 6.45) is -2.53. The molecule has 10 nitrogen and oxygen atoms in total. The number of anilines is 2. The second kappa shape index (κ2) is 13.8. The number of amides is 1. The van der Waals surface area contributed by atoms with E-state index in [1.807, 2.05) is 32.9 Å². The van der Waals surface area contributed by atoms with Crippen LogP contribution in [0.5, 0.6) is 5.75 Å². The van der Waals surface area contributed by atoms with Gasteiger partial charge in [-0.2, -0.15) is 18.4 Å². The van der Waals surface area contributed by atoms with Crippen LogP contribution in [-0.2, 0) is 21.1 Å². The first-order chi connectivity index (χ1) is 21.5. The van der Waals surface area contributed by atoms with E-state index in [-0.39, 0.29) is 41.6 Å². The highest BCUT2D eigenvalue weighted by molar-refractivity contribution is 7.90. The van der Waals surface area contributed by atoms with Crippen molar-refractivity contribution in [3.8, 4) is 23.7 Å². The lowest BCUT2D eigenvalue weighted by atomic mass is 10.0. The van der Waals surface area contributed by atoms with Gasteiger partial charge in [0.1, 0.15) is 24.0 Å². The van der Waals surface area contributed by atoms with Gasteiger partial charge in [0.2, 0.25) is 0 Å². The summed E-state index contributed by atoms with van der Waals surface area (Å²) >= 11 is 0. The number of carbonyl (C=O) groups excluding carboxylic acids is 1. The van der Waals surface area contributed by atoms with E-state index in [4.69, 9.17) is 14.7 Å². The van der Waals surface area contributed by atoms with E-state index in [9.17, 15) is 26.4 Å². The Morgan fingerprint density at radius 2 is 1.80 bits per heavy atom. The number of benzene rings is 2. The maximum Gasteiger partial charge on any atom is 0.410 e. The molecule has 2 N–H and O–H groups in total. The Kier molecular flexibility index (Phi) is 10.3. The topological polar surface area (TPSA) is 126 Å². The average molecular weight is 660 g/mol. The van der Waals surface area contributed by atoms with E-state index in [1.54, 1.807) is 23.1 Å². The summed E-state index contributed by atoms with van der Waals surface area (Å²) in [5.41, 5.74) is 0.978. The van der Waals surface area contributed by atoms with Crippen molar-refractivity contribution in [2.45, 2.75) is 62.9 Å². The first-order valence-corrected chi connectivity index (χ1v) is 16.4. The minimum Gasteiger partial charge on any atom is -0.477 e. The predicted molar refractivity (Wildman–Crippen MR) is 168 cm³/mol. The number of nitriles is 1. The molecule has 1 aromatic heterocycles. The van der Waals surface area contributed by atoms with Crippen LogP contribution in [0, 0.1) is 23.2 Å². The fraction of sp³-hybridized carbons (Fsp3) is 0.438. The molecule has 4 rings (SSSR count). The van der Waals surface area contributed by atoms with Crippen LogP contribution in [0.1, 0.15) is 39.3 Å². The molecule has 1 aliphatic rings. The van der Waals surface area contributed by atoms with Crippen molar-refractivity contribution in [2.75, 3.05) is 43.1 Å². The monoisotopic (exact) mass is 659 g/mol. The van der Waals surface area contributed by atoms with Crippen LogP contribution in [0.4, 0.5) is 29.3 Å². The number of likely N-dealkylation sites (tertiary alicyclic amines) is 1. The smallest absolute Gasteiger partial charge is 0.410 e. The van der Waals surface area contributed by atoms with Crippen molar-refractivity contribution in [1.82, 2.24) is 9.47 Å². The molecule has 3 aromatic rings. The number of hydrogen-bond donors (Lipinski definition) is 2. The Morgan fingerprint density at radius 3 is 2.43 bits per heavy atom. The minimum absolute atomic E-state index is 0.000481. The predicted octanol–water partition coefficient (Wildman–Crippen LogP) is 5.78. The van der Waals surface area contributed by atoms with Crippen molar-refractivity contribution in [2.24, 2.45) is 0 Å². The summed E-state index contributed by atoms with van der Waals surface area (Å²) in [6.45, 7) is 4.86. The summed E-state index contributed by atoms with van der Waals surface area (Å²) in [5.74, 6) is 5.81. The summed E-state index contributed by atoms with van der Waals surface area (Å²) in [5, 5.41) is 15.9. The molecule has 0 atom stereocenters. The molecule has 0 saturated carbocycles. The van der Waals surface area contributed by atoms with Gasteiger partial charge in [-0.1, -0.05) is 12.0 Å². The first kappa shape index (κ1) is 34.3. The van der Waals surface area contributed by atoms with Gasteiger partial charge in [0.05, 0.1) is 28.3 Å². The Balaban J connectivity index is 1.54. The maximum atomic E-state index is 13.7. The van der Waals surface area contributed by atoms with Crippen LogP contribution < -0.4 is 15.4 Å². The third-order valence-electron chi connectivity index (χ3n) is 7.05. The lowest BCUT2D eigenvalue weighted by molar-refractivity contribution is -0.140. The highest BCUT2D eigenvalue weighted by Crippen LogP contribution is 2.32. The van der Waals surface area contributed by atoms with Crippen LogP contribution in [0.25, 0.3) is 10.9 Å². The van der Waals surface area contributed by atoms with Gasteiger partial charge in [-0.3, -0.25) is 0 Å². The van der Waals surface area contributed by atoms with Gasteiger partial charge in [-0.25, -0.2) is 13.2 Å². The lowest BCUT2D eigenvalue weighted by Crippen LogP contribution is -2.44. The zero-order valence-corrected chi connectivity index (χ0v) is 26.8. The molecule has 246 valence electrons. The number of piperidine rings is 1. The zero-order chi connectivity index (χ0) is 33.7. The molecular weight excluding hydrogens is 623 g/mol.